The highest BCUT2D eigenvalue weighted by atomic mass is 79.9. The van der Waals surface area contributed by atoms with E-state index in [1.807, 2.05) is 31.2 Å². The molecule has 16 heavy (non-hydrogen) atoms. The standard InChI is InChI=1S/C12H10BrNO2/c1-8-2-4-10(11(13)6-8)12-5-3-9(16-12)7-14-15/h2-7,15H,1H3/b14-7+. The molecule has 0 aliphatic heterocycles. The van der Waals surface area contributed by atoms with E-state index in [-0.39, 0.29) is 0 Å². The van der Waals surface area contributed by atoms with Gasteiger partial charge >= 0.3 is 0 Å². The molecule has 0 unspecified atom stereocenters. The van der Waals surface area contributed by atoms with Crippen molar-refractivity contribution in [1.82, 2.24) is 0 Å². The summed E-state index contributed by atoms with van der Waals surface area (Å²) in [7, 11) is 0. The van der Waals surface area contributed by atoms with Gasteiger partial charge < -0.3 is 9.62 Å². The van der Waals surface area contributed by atoms with Gasteiger partial charge in [0.2, 0.25) is 0 Å². The molecule has 3 nitrogen and oxygen atoms in total. The van der Waals surface area contributed by atoms with Crippen LogP contribution in [0.1, 0.15) is 11.3 Å². The number of aryl methyl sites for hydroxylation is 1. The Balaban J connectivity index is 2.42. The highest BCUT2D eigenvalue weighted by Gasteiger charge is 2.07. The summed E-state index contributed by atoms with van der Waals surface area (Å²) in [6.45, 7) is 2.03. The van der Waals surface area contributed by atoms with Crippen molar-refractivity contribution in [2.75, 3.05) is 0 Å². The van der Waals surface area contributed by atoms with Gasteiger partial charge in [0.15, 0.2) is 0 Å². The lowest BCUT2D eigenvalue weighted by Gasteiger charge is -2.01. The van der Waals surface area contributed by atoms with Crippen LogP contribution in [0.25, 0.3) is 11.3 Å². The molecule has 0 radical (unpaired) electrons. The molecule has 82 valence electrons. The van der Waals surface area contributed by atoms with Gasteiger partial charge in [-0.15, -0.1) is 0 Å². The van der Waals surface area contributed by atoms with Gasteiger partial charge in [0.05, 0.1) is 0 Å². The zero-order chi connectivity index (χ0) is 11.5. The number of furan rings is 1. The summed E-state index contributed by atoms with van der Waals surface area (Å²) in [5.74, 6) is 1.26. The van der Waals surface area contributed by atoms with E-state index in [2.05, 4.69) is 21.1 Å². The molecule has 4 heteroatoms. The minimum absolute atomic E-state index is 0.518. The van der Waals surface area contributed by atoms with Crippen LogP contribution in [0.3, 0.4) is 0 Å². The van der Waals surface area contributed by atoms with Crippen LogP contribution in [0.2, 0.25) is 0 Å². The van der Waals surface area contributed by atoms with E-state index in [1.165, 1.54) is 11.8 Å². The molecule has 0 fully saturated rings. The lowest BCUT2D eigenvalue weighted by atomic mass is 10.1. The van der Waals surface area contributed by atoms with Crippen molar-refractivity contribution in [1.29, 1.82) is 0 Å². The number of hydrogen-bond acceptors (Lipinski definition) is 3. The van der Waals surface area contributed by atoms with Gasteiger partial charge in [-0.2, -0.15) is 0 Å². The minimum Gasteiger partial charge on any atom is -0.455 e. The van der Waals surface area contributed by atoms with Crippen LogP contribution in [0.5, 0.6) is 0 Å². The van der Waals surface area contributed by atoms with Crippen LogP contribution in [0.15, 0.2) is 44.4 Å². The smallest absolute Gasteiger partial charge is 0.149 e. The third-order valence-electron chi connectivity index (χ3n) is 2.20. The number of hydrogen-bond donors (Lipinski definition) is 1. The van der Waals surface area contributed by atoms with Crippen LogP contribution < -0.4 is 0 Å². The fourth-order valence-corrected chi connectivity index (χ4v) is 2.13. The molecule has 0 saturated carbocycles. The van der Waals surface area contributed by atoms with Gasteiger partial charge in [-0.05, 0) is 36.8 Å². The molecular formula is C12H10BrNO2. The Kier molecular flexibility index (Phi) is 3.10. The Labute approximate surface area is 102 Å². The van der Waals surface area contributed by atoms with E-state index < -0.39 is 0 Å². The Morgan fingerprint density at radius 1 is 1.31 bits per heavy atom. The summed E-state index contributed by atoms with van der Waals surface area (Å²) in [6, 6.07) is 9.62. The van der Waals surface area contributed by atoms with Crippen molar-refractivity contribution < 1.29 is 9.62 Å². The summed E-state index contributed by atoms with van der Waals surface area (Å²) in [5.41, 5.74) is 2.16. The second kappa shape index (κ2) is 4.53. The second-order valence-electron chi connectivity index (χ2n) is 3.43. The first-order valence-electron chi connectivity index (χ1n) is 4.74. The van der Waals surface area contributed by atoms with Crippen molar-refractivity contribution in [3.8, 4) is 11.3 Å². The normalized spacial score (nSPS) is 11.1. The van der Waals surface area contributed by atoms with Crippen molar-refractivity contribution in [3.63, 3.8) is 0 Å². The first-order valence-corrected chi connectivity index (χ1v) is 5.54. The molecule has 0 aliphatic rings. The number of benzene rings is 1. The third-order valence-corrected chi connectivity index (χ3v) is 2.86. The minimum atomic E-state index is 0.518. The van der Waals surface area contributed by atoms with Gasteiger partial charge in [0, 0.05) is 10.0 Å². The first kappa shape index (κ1) is 11.0. The van der Waals surface area contributed by atoms with Crippen LogP contribution in [0.4, 0.5) is 0 Å². The van der Waals surface area contributed by atoms with Gasteiger partial charge in [-0.3, -0.25) is 0 Å². The van der Waals surface area contributed by atoms with Gasteiger partial charge in [0.25, 0.3) is 0 Å². The zero-order valence-electron chi connectivity index (χ0n) is 8.64. The van der Waals surface area contributed by atoms with E-state index in [0.29, 0.717) is 5.76 Å². The summed E-state index contributed by atoms with van der Waals surface area (Å²) >= 11 is 3.49. The molecule has 0 saturated heterocycles. The summed E-state index contributed by atoms with van der Waals surface area (Å²) in [5, 5.41) is 11.3. The number of rotatable bonds is 2. The van der Waals surface area contributed by atoms with Gasteiger partial charge in [-0.25, -0.2) is 0 Å². The maximum Gasteiger partial charge on any atom is 0.149 e. The van der Waals surface area contributed by atoms with Crippen molar-refractivity contribution in [2.24, 2.45) is 5.16 Å². The molecule has 0 aliphatic carbocycles. The van der Waals surface area contributed by atoms with Gasteiger partial charge in [0.1, 0.15) is 17.7 Å². The van der Waals surface area contributed by atoms with Crippen LogP contribution in [0, 0.1) is 6.92 Å². The van der Waals surface area contributed by atoms with Crippen LogP contribution >= 0.6 is 15.9 Å². The monoisotopic (exact) mass is 279 g/mol. The fourth-order valence-electron chi connectivity index (χ4n) is 1.44. The molecular weight excluding hydrogens is 270 g/mol. The Hall–Kier alpha value is -1.55. The van der Waals surface area contributed by atoms with Crippen LogP contribution in [-0.4, -0.2) is 11.4 Å². The summed E-state index contributed by atoms with van der Waals surface area (Å²) < 4.78 is 6.47. The maximum atomic E-state index is 8.39. The van der Waals surface area contributed by atoms with Gasteiger partial charge in [-0.1, -0.05) is 27.2 Å². The Morgan fingerprint density at radius 3 is 2.81 bits per heavy atom. The average molecular weight is 280 g/mol. The first-order chi connectivity index (χ1) is 7.70. The van der Waals surface area contributed by atoms with E-state index in [0.717, 1.165) is 15.8 Å². The summed E-state index contributed by atoms with van der Waals surface area (Å²) in [4.78, 5) is 0. The third kappa shape index (κ3) is 2.17. The predicted molar refractivity (Wildman–Crippen MR) is 66.0 cm³/mol. The van der Waals surface area contributed by atoms with E-state index >= 15 is 0 Å². The molecule has 0 atom stereocenters. The number of nitrogens with zero attached hydrogens (tertiary/aromatic N) is 1. The van der Waals surface area contributed by atoms with E-state index in [1.54, 1.807) is 6.07 Å². The Morgan fingerprint density at radius 2 is 2.12 bits per heavy atom. The Bertz CT molecular complexity index is 532. The van der Waals surface area contributed by atoms with Crippen molar-refractivity contribution >= 4 is 22.1 Å². The summed E-state index contributed by atoms with van der Waals surface area (Å²) in [6.07, 6.45) is 1.26. The van der Waals surface area contributed by atoms with E-state index in [4.69, 9.17) is 9.62 Å². The maximum absolute atomic E-state index is 8.39. The average Bonchev–Trinajstić information content (AvgIpc) is 2.67. The topological polar surface area (TPSA) is 45.7 Å². The molecule has 2 rings (SSSR count). The molecule has 0 spiro atoms. The SMILES string of the molecule is Cc1ccc(-c2ccc(/C=N/O)o2)c(Br)c1. The highest BCUT2D eigenvalue weighted by Crippen LogP contribution is 2.30. The molecule has 1 aromatic carbocycles. The fraction of sp³-hybridized carbons (Fsp3) is 0.0833. The molecule has 1 aromatic heterocycles. The lowest BCUT2D eigenvalue weighted by molar-refractivity contribution is 0.321. The zero-order valence-corrected chi connectivity index (χ0v) is 10.2. The number of halogens is 1. The number of oxime groups is 1. The largest absolute Gasteiger partial charge is 0.455 e. The predicted octanol–water partition coefficient (Wildman–Crippen LogP) is 3.83. The molecule has 2 aromatic rings. The van der Waals surface area contributed by atoms with Crippen molar-refractivity contribution in [3.05, 3.63) is 46.1 Å². The second-order valence-corrected chi connectivity index (χ2v) is 4.28. The van der Waals surface area contributed by atoms with Crippen LogP contribution in [-0.2, 0) is 0 Å². The molecule has 0 bridgehead atoms. The molecule has 1 heterocycles. The highest BCUT2D eigenvalue weighted by molar-refractivity contribution is 9.10. The molecule has 0 amide bonds. The van der Waals surface area contributed by atoms with Crippen molar-refractivity contribution in [2.45, 2.75) is 6.92 Å². The lowest BCUT2D eigenvalue weighted by Crippen LogP contribution is -1.79. The molecule has 1 N–H and O–H groups in total. The quantitative estimate of drug-likeness (QED) is 0.516. The van der Waals surface area contributed by atoms with E-state index in [9.17, 15) is 0 Å².